The van der Waals surface area contributed by atoms with E-state index in [9.17, 15) is 27.9 Å². The van der Waals surface area contributed by atoms with Gasteiger partial charge < -0.3 is 20.0 Å². The molecule has 2 aliphatic rings. The van der Waals surface area contributed by atoms with Gasteiger partial charge in [-0.1, -0.05) is 0 Å². The van der Waals surface area contributed by atoms with Crippen LogP contribution in [0.15, 0.2) is 24.4 Å². The van der Waals surface area contributed by atoms with Gasteiger partial charge in [0.15, 0.2) is 5.67 Å². The molecule has 0 radical (unpaired) electrons. The van der Waals surface area contributed by atoms with Crippen LogP contribution in [0.4, 0.5) is 27.6 Å². The summed E-state index contributed by atoms with van der Waals surface area (Å²) in [5, 5.41) is 16.4. The molecule has 4 heterocycles. The third-order valence-electron chi connectivity index (χ3n) is 5.36. The van der Waals surface area contributed by atoms with Crippen molar-refractivity contribution in [3.63, 3.8) is 0 Å². The number of fused-ring (bicyclic) bond motifs is 1. The Kier molecular flexibility index (Phi) is 6.33. The number of thiophene rings is 1. The van der Waals surface area contributed by atoms with Crippen LogP contribution < -0.4 is 4.90 Å². The molecule has 2 aromatic heterocycles. The Morgan fingerprint density at radius 3 is 2.21 bits per heavy atom. The molecule has 0 unspecified atom stereocenters. The van der Waals surface area contributed by atoms with Crippen molar-refractivity contribution in [2.45, 2.75) is 31.4 Å². The van der Waals surface area contributed by atoms with E-state index in [-0.39, 0.29) is 11.4 Å². The molecule has 4 rings (SSSR count). The number of likely N-dealkylation sites (tertiary alicyclic amines) is 1. The fraction of sp³-hybridized carbons (Fsp3) is 0.400. The minimum Gasteiger partial charge on any atom is -0.506 e. The summed E-state index contributed by atoms with van der Waals surface area (Å²) in [4.78, 5) is 41.8. The monoisotopic (exact) mass is 507 g/mol. The van der Waals surface area contributed by atoms with Gasteiger partial charge in [0.1, 0.15) is 11.4 Å². The molecular formula is C20H18F5N3O5S. The number of aryl methyl sites for hydroxylation is 2. The maximum absolute atomic E-state index is 15.5. The van der Waals surface area contributed by atoms with Crippen molar-refractivity contribution < 1.29 is 46.5 Å². The Balaban J connectivity index is 0.000000406. The lowest BCUT2D eigenvalue weighted by atomic mass is 9.93. The summed E-state index contributed by atoms with van der Waals surface area (Å²) in [6, 6.07) is 4.28. The fourth-order valence-electron chi connectivity index (χ4n) is 3.76. The summed E-state index contributed by atoms with van der Waals surface area (Å²) in [5.74, 6) is -4.52. The number of amides is 2. The van der Waals surface area contributed by atoms with E-state index in [0.29, 0.717) is 5.69 Å². The number of carbonyl (C=O) groups excluding carboxylic acids is 2. The molecule has 2 amide bonds. The van der Waals surface area contributed by atoms with Crippen LogP contribution in [0.25, 0.3) is 0 Å². The van der Waals surface area contributed by atoms with Crippen molar-refractivity contribution in [1.29, 1.82) is 0 Å². The number of carbonyl (C=O) groups is 3. The van der Waals surface area contributed by atoms with Crippen molar-refractivity contribution >= 4 is 34.8 Å². The molecule has 8 nitrogen and oxygen atoms in total. The zero-order valence-corrected chi connectivity index (χ0v) is 18.5. The first-order valence-corrected chi connectivity index (χ1v) is 10.4. The van der Waals surface area contributed by atoms with Gasteiger partial charge in [-0.2, -0.15) is 13.2 Å². The van der Waals surface area contributed by atoms with Gasteiger partial charge in [0, 0.05) is 9.75 Å². The normalized spacial score (nSPS) is 24.0. The number of aromatic nitrogens is 1. The molecule has 2 saturated heterocycles. The van der Waals surface area contributed by atoms with E-state index in [4.69, 9.17) is 9.90 Å². The van der Waals surface area contributed by atoms with Crippen molar-refractivity contribution in [2.24, 2.45) is 0 Å². The number of hydrogen-bond acceptors (Lipinski definition) is 6. The molecular weight excluding hydrogens is 489 g/mol. The summed E-state index contributed by atoms with van der Waals surface area (Å²) in [6.45, 7) is 2.03. The van der Waals surface area contributed by atoms with E-state index in [1.54, 1.807) is 13.0 Å². The SMILES string of the molecule is Cc1cc(N2C[C@@]3(F)CN(C(=O)c4ccc(O)cn4)C[C@@]3(F)C2=O)c(C)s1.O=C(O)C(F)(F)F. The van der Waals surface area contributed by atoms with Crippen LogP contribution in [0.1, 0.15) is 20.2 Å². The van der Waals surface area contributed by atoms with Crippen LogP contribution >= 0.6 is 11.3 Å². The molecule has 2 aromatic rings. The number of aromatic hydroxyl groups is 1. The van der Waals surface area contributed by atoms with Gasteiger partial charge in [0.2, 0.25) is 5.67 Å². The Labute approximate surface area is 193 Å². The minimum absolute atomic E-state index is 0.0476. The second-order valence-electron chi connectivity index (χ2n) is 7.82. The van der Waals surface area contributed by atoms with Gasteiger partial charge in [0.25, 0.3) is 11.8 Å². The second kappa shape index (κ2) is 8.49. The van der Waals surface area contributed by atoms with E-state index in [1.165, 1.54) is 23.5 Å². The molecule has 2 atom stereocenters. The standard InChI is InChI=1S/C18H17F2N3O3S.C2HF3O2/c1-10-5-14(11(2)27-10)23-8-17(19)7-22(9-18(17,20)16(23)26)15(25)13-4-3-12(24)6-21-13;3-2(4,5)1(6)7/h3-6,24H,7-9H2,1-2H3;(H,6,7)/t17-,18+;/m0./s1. The van der Waals surface area contributed by atoms with Gasteiger partial charge in [-0.25, -0.2) is 18.6 Å². The molecule has 0 aromatic carbocycles. The number of anilines is 1. The molecule has 0 bridgehead atoms. The highest BCUT2D eigenvalue weighted by atomic mass is 32.1. The Hall–Kier alpha value is -3.29. The first kappa shape index (κ1) is 25.3. The molecule has 34 heavy (non-hydrogen) atoms. The highest BCUT2D eigenvalue weighted by Crippen LogP contribution is 2.48. The van der Waals surface area contributed by atoms with Crippen molar-refractivity contribution in [1.82, 2.24) is 9.88 Å². The summed E-state index contributed by atoms with van der Waals surface area (Å²) in [6.07, 6.45) is -4.00. The van der Waals surface area contributed by atoms with E-state index in [1.807, 2.05) is 6.92 Å². The van der Waals surface area contributed by atoms with Crippen LogP contribution in [0, 0.1) is 13.8 Å². The third-order valence-corrected chi connectivity index (χ3v) is 6.31. The number of pyridine rings is 1. The lowest BCUT2D eigenvalue weighted by Gasteiger charge is -2.22. The van der Waals surface area contributed by atoms with E-state index >= 15 is 8.78 Å². The minimum atomic E-state index is -5.08. The zero-order chi connectivity index (χ0) is 25.6. The quantitative estimate of drug-likeness (QED) is 0.605. The average Bonchev–Trinajstić information content (AvgIpc) is 3.27. The first-order chi connectivity index (χ1) is 15.6. The summed E-state index contributed by atoms with van der Waals surface area (Å²) in [5.41, 5.74) is -4.81. The number of rotatable bonds is 2. The maximum atomic E-state index is 15.5. The number of nitrogens with zero attached hydrogens (tertiary/aromatic N) is 3. The van der Waals surface area contributed by atoms with Gasteiger partial charge in [-0.3, -0.25) is 9.59 Å². The van der Waals surface area contributed by atoms with Gasteiger partial charge >= 0.3 is 12.1 Å². The average molecular weight is 507 g/mol. The molecule has 0 spiro atoms. The van der Waals surface area contributed by atoms with Crippen molar-refractivity contribution in [3.05, 3.63) is 39.8 Å². The Morgan fingerprint density at radius 1 is 1.15 bits per heavy atom. The summed E-state index contributed by atoms with van der Waals surface area (Å²) < 4.78 is 62.8. The van der Waals surface area contributed by atoms with Crippen LogP contribution in [0.2, 0.25) is 0 Å². The van der Waals surface area contributed by atoms with E-state index < -0.39 is 54.9 Å². The first-order valence-electron chi connectivity index (χ1n) is 9.60. The highest BCUT2D eigenvalue weighted by Gasteiger charge is 2.72. The predicted molar refractivity (Wildman–Crippen MR) is 109 cm³/mol. The van der Waals surface area contributed by atoms with E-state index in [2.05, 4.69) is 4.98 Å². The second-order valence-corrected chi connectivity index (χ2v) is 9.28. The lowest BCUT2D eigenvalue weighted by molar-refractivity contribution is -0.192. The van der Waals surface area contributed by atoms with Crippen LogP contribution in [-0.2, 0) is 9.59 Å². The molecule has 2 fully saturated rings. The Morgan fingerprint density at radius 2 is 1.76 bits per heavy atom. The molecule has 2 N–H and O–H groups in total. The van der Waals surface area contributed by atoms with Crippen molar-refractivity contribution in [2.75, 3.05) is 24.5 Å². The predicted octanol–water partition coefficient (Wildman–Crippen LogP) is 3.02. The van der Waals surface area contributed by atoms with Crippen LogP contribution in [0.5, 0.6) is 5.75 Å². The number of alkyl halides is 5. The van der Waals surface area contributed by atoms with Gasteiger partial charge in [-0.05, 0) is 32.0 Å². The third kappa shape index (κ3) is 4.41. The van der Waals surface area contributed by atoms with Crippen LogP contribution in [-0.4, -0.2) is 75.0 Å². The topological polar surface area (TPSA) is 111 Å². The molecule has 2 aliphatic heterocycles. The number of aliphatic carboxylic acids is 1. The largest absolute Gasteiger partial charge is 0.506 e. The smallest absolute Gasteiger partial charge is 0.490 e. The van der Waals surface area contributed by atoms with Crippen molar-refractivity contribution in [3.8, 4) is 5.75 Å². The van der Waals surface area contributed by atoms with E-state index in [0.717, 1.165) is 25.8 Å². The number of halogens is 5. The summed E-state index contributed by atoms with van der Waals surface area (Å²) in [7, 11) is 0. The van der Waals surface area contributed by atoms with Gasteiger partial charge in [-0.15, -0.1) is 11.3 Å². The molecule has 14 heteroatoms. The maximum Gasteiger partial charge on any atom is 0.490 e. The fourth-order valence-corrected chi connectivity index (χ4v) is 4.68. The van der Waals surface area contributed by atoms with Crippen LogP contribution in [0.3, 0.4) is 0 Å². The summed E-state index contributed by atoms with van der Waals surface area (Å²) >= 11 is 1.46. The van der Waals surface area contributed by atoms with Gasteiger partial charge in [0.05, 0.1) is 31.5 Å². The number of carboxylic acids is 1. The number of hydrogen-bond donors (Lipinski definition) is 2. The Bertz CT molecular complexity index is 1140. The molecule has 184 valence electrons. The number of carboxylic acid groups (broad SMARTS) is 1. The highest BCUT2D eigenvalue weighted by molar-refractivity contribution is 7.12. The lowest BCUT2D eigenvalue weighted by Crippen LogP contribution is -2.47. The zero-order valence-electron chi connectivity index (χ0n) is 17.7. The molecule has 0 saturated carbocycles. The molecule has 0 aliphatic carbocycles.